The third-order valence-corrected chi connectivity index (χ3v) is 8.59. The Bertz CT molecular complexity index is 542. The standard InChI is InChI=1S/C23H34O2/c24-22(20-15-16-10-11-18(20)14-16)25-23(12-3-4-13-23)21-9-5-7-17-6-1-2-8-19(17)21/h10-11,16-21H,1-9,12-15H2. The molecule has 0 aromatic rings. The molecule has 5 aliphatic rings. The lowest BCUT2D eigenvalue weighted by Crippen LogP contribution is -2.49. The molecular weight excluding hydrogens is 308 g/mol. The highest BCUT2D eigenvalue weighted by Gasteiger charge is 2.52. The van der Waals surface area contributed by atoms with Gasteiger partial charge in [0.2, 0.25) is 0 Å². The van der Waals surface area contributed by atoms with Crippen molar-refractivity contribution in [3.05, 3.63) is 12.2 Å². The van der Waals surface area contributed by atoms with Gasteiger partial charge in [-0.05, 0) is 75.0 Å². The quantitative estimate of drug-likeness (QED) is 0.488. The number of carbonyl (C=O) groups is 1. The van der Waals surface area contributed by atoms with Crippen LogP contribution in [0, 0.1) is 35.5 Å². The molecule has 2 heteroatoms. The first-order chi connectivity index (χ1) is 12.3. The zero-order valence-electron chi connectivity index (χ0n) is 15.6. The molecule has 25 heavy (non-hydrogen) atoms. The second-order valence-corrected chi connectivity index (χ2v) is 9.83. The molecule has 0 aromatic carbocycles. The van der Waals surface area contributed by atoms with Crippen LogP contribution in [0.2, 0.25) is 0 Å². The predicted octanol–water partition coefficient (Wildman–Crippen LogP) is 5.66. The minimum absolute atomic E-state index is 0.0939. The first kappa shape index (κ1) is 16.4. The van der Waals surface area contributed by atoms with E-state index in [1.165, 1.54) is 64.2 Å². The second kappa shape index (κ2) is 6.43. The monoisotopic (exact) mass is 342 g/mol. The number of hydrogen-bond donors (Lipinski definition) is 0. The van der Waals surface area contributed by atoms with Crippen LogP contribution >= 0.6 is 0 Å². The van der Waals surface area contributed by atoms with E-state index in [2.05, 4.69) is 12.2 Å². The highest BCUT2D eigenvalue weighted by molar-refractivity contribution is 5.74. The maximum absolute atomic E-state index is 13.1. The highest BCUT2D eigenvalue weighted by atomic mass is 16.6. The van der Waals surface area contributed by atoms with Crippen molar-refractivity contribution in [1.82, 2.24) is 0 Å². The van der Waals surface area contributed by atoms with Gasteiger partial charge in [-0.25, -0.2) is 0 Å². The summed E-state index contributed by atoms with van der Waals surface area (Å²) in [6.07, 6.45) is 21.4. The molecule has 0 N–H and O–H groups in total. The Hall–Kier alpha value is -0.790. The minimum Gasteiger partial charge on any atom is -0.459 e. The molecule has 6 atom stereocenters. The summed E-state index contributed by atoms with van der Waals surface area (Å²) in [7, 11) is 0. The van der Waals surface area contributed by atoms with Gasteiger partial charge in [-0.2, -0.15) is 0 Å². The summed E-state index contributed by atoms with van der Waals surface area (Å²) in [6.45, 7) is 0. The maximum Gasteiger partial charge on any atom is 0.310 e. The van der Waals surface area contributed by atoms with E-state index >= 15 is 0 Å². The van der Waals surface area contributed by atoms with Gasteiger partial charge in [-0.3, -0.25) is 4.79 Å². The van der Waals surface area contributed by atoms with Crippen molar-refractivity contribution in [1.29, 1.82) is 0 Å². The van der Waals surface area contributed by atoms with Crippen molar-refractivity contribution >= 4 is 5.97 Å². The SMILES string of the molecule is O=C(OC1(C2CCCC3CCCCC32)CCCC1)C1CC2C=CC1C2. The smallest absolute Gasteiger partial charge is 0.310 e. The van der Waals surface area contributed by atoms with Crippen LogP contribution in [0.25, 0.3) is 0 Å². The Labute approximate surface area is 152 Å². The Morgan fingerprint density at radius 2 is 1.68 bits per heavy atom. The molecule has 4 fully saturated rings. The summed E-state index contributed by atoms with van der Waals surface area (Å²) in [4.78, 5) is 13.1. The number of ether oxygens (including phenoxy) is 1. The first-order valence-corrected chi connectivity index (χ1v) is 11.2. The number of fused-ring (bicyclic) bond motifs is 3. The highest BCUT2D eigenvalue weighted by Crippen LogP contribution is 2.54. The normalized spacial score (nSPS) is 44.6. The maximum atomic E-state index is 13.1. The second-order valence-electron chi connectivity index (χ2n) is 9.83. The fraction of sp³-hybridized carbons (Fsp3) is 0.870. The van der Waals surface area contributed by atoms with Gasteiger partial charge in [-0.1, -0.05) is 44.3 Å². The van der Waals surface area contributed by atoms with Crippen LogP contribution in [0.1, 0.15) is 83.5 Å². The van der Waals surface area contributed by atoms with Crippen LogP contribution in [-0.2, 0) is 9.53 Å². The summed E-state index contributed by atoms with van der Waals surface area (Å²) in [5.74, 6) is 3.88. The van der Waals surface area contributed by atoms with Crippen LogP contribution < -0.4 is 0 Å². The van der Waals surface area contributed by atoms with Gasteiger partial charge in [0.05, 0.1) is 5.92 Å². The van der Waals surface area contributed by atoms with Crippen molar-refractivity contribution < 1.29 is 9.53 Å². The fourth-order valence-electron chi connectivity index (χ4n) is 7.44. The van der Waals surface area contributed by atoms with Crippen molar-refractivity contribution in [2.75, 3.05) is 0 Å². The van der Waals surface area contributed by atoms with Gasteiger partial charge in [0.25, 0.3) is 0 Å². The van der Waals surface area contributed by atoms with E-state index in [0.717, 1.165) is 31.1 Å². The van der Waals surface area contributed by atoms with E-state index in [0.29, 0.717) is 17.8 Å². The average molecular weight is 343 g/mol. The Kier molecular flexibility index (Phi) is 4.21. The van der Waals surface area contributed by atoms with Gasteiger partial charge in [0, 0.05) is 5.92 Å². The number of esters is 1. The largest absolute Gasteiger partial charge is 0.459 e. The van der Waals surface area contributed by atoms with Crippen LogP contribution in [0.3, 0.4) is 0 Å². The summed E-state index contributed by atoms with van der Waals surface area (Å²) in [5.41, 5.74) is -0.0939. The molecule has 5 aliphatic carbocycles. The molecule has 138 valence electrons. The lowest BCUT2D eigenvalue weighted by molar-refractivity contribution is -0.179. The molecule has 4 saturated carbocycles. The van der Waals surface area contributed by atoms with Crippen LogP contribution in [0.5, 0.6) is 0 Å². The van der Waals surface area contributed by atoms with Gasteiger partial charge >= 0.3 is 5.97 Å². The average Bonchev–Trinajstić information content (AvgIpc) is 3.38. The molecule has 6 unspecified atom stereocenters. The third-order valence-electron chi connectivity index (χ3n) is 8.59. The summed E-state index contributed by atoms with van der Waals surface area (Å²) in [5, 5.41) is 0. The van der Waals surface area contributed by atoms with Crippen LogP contribution in [-0.4, -0.2) is 11.6 Å². The minimum atomic E-state index is -0.0939. The molecule has 0 saturated heterocycles. The van der Waals surface area contributed by atoms with Crippen molar-refractivity contribution in [2.24, 2.45) is 35.5 Å². The van der Waals surface area contributed by atoms with E-state index in [1.807, 2.05) is 0 Å². The summed E-state index contributed by atoms with van der Waals surface area (Å²) in [6, 6.07) is 0. The van der Waals surface area contributed by atoms with Crippen molar-refractivity contribution in [2.45, 2.75) is 89.1 Å². The zero-order chi connectivity index (χ0) is 16.9. The number of rotatable bonds is 3. The molecular formula is C23H34O2. The number of allylic oxidation sites excluding steroid dienone is 2. The summed E-state index contributed by atoms with van der Waals surface area (Å²) < 4.78 is 6.55. The van der Waals surface area contributed by atoms with E-state index < -0.39 is 0 Å². The molecule has 2 bridgehead atoms. The molecule has 5 rings (SSSR count). The van der Waals surface area contributed by atoms with E-state index in [1.54, 1.807) is 0 Å². The molecule has 0 radical (unpaired) electrons. The fourth-order valence-corrected chi connectivity index (χ4v) is 7.44. The molecule has 0 spiro atoms. The van der Waals surface area contributed by atoms with Gasteiger partial charge < -0.3 is 4.74 Å². The van der Waals surface area contributed by atoms with Crippen molar-refractivity contribution in [3.63, 3.8) is 0 Å². The number of hydrogen-bond acceptors (Lipinski definition) is 2. The molecule has 0 heterocycles. The molecule has 0 aromatic heterocycles. The molecule has 2 nitrogen and oxygen atoms in total. The van der Waals surface area contributed by atoms with Gasteiger partial charge in [0.15, 0.2) is 0 Å². The van der Waals surface area contributed by atoms with E-state index in [-0.39, 0.29) is 17.5 Å². The predicted molar refractivity (Wildman–Crippen MR) is 98.9 cm³/mol. The Morgan fingerprint density at radius 1 is 0.880 bits per heavy atom. The Morgan fingerprint density at radius 3 is 2.44 bits per heavy atom. The van der Waals surface area contributed by atoms with Gasteiger partial charge in [0.1, 0.15) is 5.60 Å². The zero-order valence-corrected chi connectivity index (χ0v) is 15.6. The lowest BCUT2D eigenvalue weighted by atomic mass is 9.60. The van der Waals surface area contributed by atoms with Gasteiger partial charge in [-0.15, -0.1) is 0 Å². The van der Waals surface area contributed by atoms with E-state index in [4.69, 9.17) is 4.74 Å². The Balaban J connectivity index is 1.36. The lowest BCUT2D eigenvalue weighted by Gasteiger charge is -2.49. The van der Waals surface area contributed by atoms with Crippen LogP contribution in [0.4, 0.5) is 0 Å². The first-order valence-electron chi connectivity index (χ1n) is 11.2. The number of carbonyl (C=O) groups excluding carboxylic acids is 1. The molecule has 0 aliphatic heterocycles. The molecule has 0 amide bonds. The van der Waals surface area contributed by atoms with Crippen molar-refractivity contribution in [3.8, 4) is 0 Å². The third kappa shape index (κ3) is 2.79. The topological polar surface area (TPSA) is 26.3 Å². The van der Waals surface area contributed by atoms with E-state index in [9.17, 15) is 4.79 Å². The summed E-state index contributed by atoms with van der Waals surface area (Å²) >= 11 is 0. The van der Waals surface area contributed by atoms with Crippen LogP contribution in [0.15, 0.2) is 12.2 Å².